The summed E-state index contributed by atoms with van der Waals surface area (Å²) in [6, 6.07) is 5.91. The lowest BCUT2D eigenvalue weighted by Crippen LogP contribution is -2.47. The fourth-order valence-corrected chi connectivity index (χ4v) is 1.92. The quantitative estimate of drug-likeness (QED) is 0.408. The number of nitrogens with zero attached hydrogens (tertiary/aromatic N) is 1. The van der Waals surface area contributed by atoms with Crippen molar-refractivity contribution in [2.45, 2.75) is 46.7 Å². The summed E-state index contributed by atoms with van der Waals surface area (Å²) in [6.45, 7) is 12.4. The maximum Gasteiger partial charge on any atom is 0.191 e. The number of hydrogen-bond acceptors (Lipinski definition) is 3. The Morgan fingerprint density at radius 3 is 2.39 bits per heavy atom. The summed E-state index contributed by atoms with van der Waals surface area (Å²) in [5, 5.41) is 6.62. The van der Waals surface area contributed by atoms with Crippen molar-refractivity contribution in [2.75, 3.05) is 20.3 Å². The van der Waals surface area contributed by atoms with Gasteiger partial charge in [-0.3, -0.25) is 0 Å². The molecule has 0 fully saturated rings. The third-order valence-corrected chi connectivity index (χ3v) is 2.79. The van der Waals surface area contributed by atoms with Crippen LogP contribution in [0.2, 0.25) is 0 Å². The van der Waals surface area contributed by atoms with Crippen molar-refractivity contribution < 1.29 is 9.47 Å². The molecule has 132 valence electrons. The molecule has 2 N–H and O–H groups in total. The molecule has 0 unspecified atom stereocenters. The van der Waals surface area contributed by atoms with E-state index in [1.165, 1.54) is 0 Å². The smallest absolute Gasteiger partial charge is 0.191 e. The Morgan fingerprint density at radius 1 is 1.17 bits per heavy atom. The molecule has 0 aliphatic carbocycles. The van der Waals surface area contributed by atoms with Gasteiger partial charge in [-0.2, -0.15) is 0 Å². The molecular weight excluding hydrogens is 405 g/mol. The number of nitrogens with one attached hydrogen (secondary N) is 2. The van der Waals surface area contributed by atoms with E-state index in [4.69, 9.17) is 9.47 Å². The van der Waals surface area contributed by atoms with Gasteiger partial charge in [0.1, 0.15) is 0 Å². The van der Waals surface area contributed by atoms with Crippen LogP contribution >= 0.6 is 24.0 Å². The molecule has 0 saturated carbocycles. The SMILES string of the molecule is CCNC(=NCc1ccc(OCC)c(OC)c1)NC(C)(C)C.I. The first-order chi connectivity index (χ1) is 10.4. The zero-order valence-electron chi connectivity index (χ0n) is 15.0. The van der Waals surface area contributed by atoms with Gasteiger partial charge in [0.25, 0.3) is 0 Å². The predicted molar refractivity (Wildman–Crippen MR) is 107 cm³/mol. The van der Waals surface area contributed by atoms with Gasteiger partial charge in [-0.05, 0) is 52.3 Å². The third kappa shape index (κ3) is 8.29. The third-order valence-electron chi connectivity index (χ3n) is 2.79. The summed E-state index contributed by atoms with van der Waals surface area (Å²) in [4.78, 5) is 4.62. The highest BCUT2D eigenvalue weighted by Gasteiger charge is 2.11. The second-order valence-corrected chi connectivity index (χ2v) is 5.99. The first-order valence-electron chi connectivity index (χ1n) is 7.75. The van der Waals surface area contributed by atoms with E-state index in [0.717, 1.165) is 29.6 Å². The number of hydrogen-bond donors (Lipinski definition) is 2. The van der Waals surface area contributed by atoms with Crippen LogP contribution < -0.4 is 20.1 Å². The van der Waals surface area contributed by atoms with E-state index in [9.17, 15) is 0 Å². The highest BCUT2D eigenvalue weighted by Crippen LogP contribution is 2.28. The van der Waals surface area contributed by atoms with E-state index in [-0.39, 0.29) is 29.5 Å². The zero-order chi connectivity index (χ0) is 16.6. The van der Waals surface area contributed by atoms with Gasteiger partial charge < -0.3 is 20.1 Å². The van der Waals surface area contributed by atoms with Gasteiger partial charge in [0.15, 0.2) is 17.5 Å². The van der Waals surface area contributed by atoms with Gasteiger partial charge >= 0.3 is 0 Å². The molecule has 0 atom stereocenters. The Hall–Kier alpha value is -1.18. The average molecular weight is 435 g/mol. The topological polar surface area (TPSA) is 54.9 Å². The van der Waals surface area contributed by atoms with Crippen molar-refractivity contribution >= 4 is 29.9 Å². The molecule has 0 aliphatic heterocycles. The molecule has 0 saturated heterocycles. The van der Waals surface area contributed by atoms with Crippen molar-refractivity contribution in [3.8, 4) is 11.5 Å². The van der Waals surface area contributed by atoms with Crippen LogP contribution in [0.25, 0.3) is 0 Å². The van der Waals surface area contributed by atoms with E-state index in [1.807, 2.05) is 25.1 Å². The molecule has 1 rings (SSSR count). The van der Waals surface area contributed by atoms with Crippen molar-refractivity contribution in [3.05, 3.63) is 23.8 Å². The number of ether oxygens (including phenoxy) is 2. The summed E-state index contributed by atoms with van der Waals surface area (Å²) in [7, 11) is 1.65. The number of rotatable bonds is 6. The normalized spacial score (nSPS) is 11.5. The minimum absolute atomic E-state index is 0. The first-order valence-corrected chi connectivity index (χ1v) is 7.75. The summed E-state index contributed by atoms with van der Waals surface area (Å²) in [5.41, 5.74) is 1.05. The highest BCUT2D eigenvalue weighted by atomic mass is 127. The molecule has 0 radical (unpaired) electrons. The minimum Gasteiger partial charge on any atom is -0.493 e. The fourth-order valence-electron chi connectivity index (χ4n) is 1.92. The maximum absolute atomic E-state index is 5.53. The van der Waals surface area contributed by atoms with E-state index in [1.54, 1.807) is 7.11 Å². The average Bonchev–Trinajstić information content (AvgIpc) is 2.45. The van der Waals surface area contributed by atoms with Crippen LogP contribution in [-0.2, 0) is 6.54 Å². The van der Waals surface area contributed by atoms with Gasteiger partial charge in [-0.1, -0.05) is 6.07 Å². The van der Waals surface area contributed by atoms with Gasteiger partial charge in [0, 0.05) is 12.1 Å². The van der Waals surface area contributed by atoms with E-state index < -0.39 is 0 Å². The van der Waals surface area contributed by atoms with Crippen LogP contribution in [-0.4, -0.2) is 31.8 Å². The molecule has 1 aromatic carbocycles. The summed E-state index contributed by atoms with van der Waals surface area (Å²) >= 11 is 0. The molecule has 0 aliphatic rings. The summed E-state index contributed by atoms with van der Waals surface area (Å²) in [5.74, 6) is 2.31. The van der Waals surface area contributed by atoms with E-state index in [0.29, 0.717) is 13.2 Å². The Bertz CT molecular complexity index is 499. The summed E-state index contributed by atoms with van der Waals surface area (Å²) in [6.07, 6.45) is 0. The van der Waals surface area contributed by atoms with Crippen LogP contribution in [0.4, 0.5) is 0 Å². The second kappa shape index (κ2) is 10.6. The van der Waals surface area contributed by atoms with Crippen molar-refractivity contribution in [1.82, 2.24) is 10.6 Å². The molecule has 5 nitrogen and oxygen atoms in total. The molecule has 0 heterocycles. The number of guanidine groups is 1. The number of benzene rings is 1. The van der Waals surface area contributed by atoms with Crippen molar-refractivity contribution in [2.24, 2.45) is 4.99 Å². The number of methoxy groups -OCH3 is 1. The lowest BCUT2D eigenvalue weighted by atomic mass is 10.1. The first kappa shape index (κ1) is 21.8. The monoisotopic (exact) mass is 435 g/mol. The second-order valence-electron chi connectivity index (χ2n) is 5.99. The fraction of sp³-hybridized carbons (Fsp3) is 0.588. The Kier molecular flexibility index (Phi) is 10.0. The molecule has 0 bridgehead atoms. The highest BCUT2D eigenvalue weighted by molar-refractivity contribution is 14.0. The van der Waals surface area contributed by atoms with Crippen molar-refractivity contribution in [1.29, 1.82) is 0 Å². The van der Waals surface area contributed by atoms with Crippen LogP contribution in [0, 0.1) is 0 Å². The number of halogens is 1. The largest absolute Gasteiger partial charge is 0.493 e. The van der Waals surface area contributed by atoms with Crippen LogP contribution in [0.5, 0.6) is 11.5 Å². The minimum atomic E-state index is -0.0302. The van der Waals surface area contributed by atoms with Gasteiger partial charge in [0.2, 0.25) is 0 Å². The van der Waals surface area contributed by atoms with Gasteiger partial charge in [-0.15, -0.1) is 24.0 Å². The predicted octanol–water partition coefficient (Wildman–Crippen LogP) is 3.57. The maximum atomic E-state index is 5.53. The molecule has 23 heavy (non-hydrogen) atoms. The Labute approximate surface area is 157 Å². The standard InChI is InChI=1S/C17H29N3O2.HI/c1-7-18-16(20-17(3,4)5)19-12-13-9-10-14(22-8-2)15(11-13)21-6;/h9-11H,7-8,12H2,1-6H3,(H2,18,19,20);1H. The lowest BCUT2D eigenvalue weighted by molar-refractivity contribution is 0.310. The molecule has 0 aromatic heterocycles. The molecule has 0 spiro atoms. The van der Waals surface area contributed by atoms with E-state index >= 15 is 0 Å². The van der Waals surface area contributed by atoms with Crippen LogP contribution in [0.1, 0.15) is 40.2 Å². The molecule has 6 heteroatoms. The molecule has 1 aromatic rings. The Morgan fingerprint density at radius 2 is 1.87 bits per heavy atom. The zero-order valence-corrected chi connectivity index (χ0v) is 17.4. The number of aliphatic imine (C=N–C) groups is 1. The van der Waals surface area contributed by atoms with Gasteiger partial charge in [0.05, 0.1) is 20.3 Å². The van der Waals surface area contributed by atoms with Crippen LogP contribution in [0.3, 0.4) is 0 Å². The van der Waals surface area contributed by atoms with E-state index in [2.05, 4.69) is 43.3 Å². The van der Waals surface area contributed by atoms with Crippen LogP contribution in [0.15, 0.2) is 23.2 Å². The molecular formula is C17H30IN3O2. The van der Waals surface area contributed by atoms with Gasteiger partial charge in [-0.25, -0.2) is 4.99 Å². The Balaban J connectivity index is 0.00000484. The lowest BCUT2D eigenvalue weighted by Gasteiger charge is -2.23. The summed E-state index contributed by atoms with van der Waals surface area (Å²) < 4.78 is 10.9. The molecule has 0 amide bonds. The van der Waals surface area contributed by atoms with Crippen molar-refractivity contribution in [3.63, 3.8) is 0 Å².